The number of rotatable bonds is 4. The minimum atomic E-state index is -0.0316. The van der Waals surface area contributed by atoms with Gasteiger partial charge < -0.3 is 20.1 Å². The Kier molecular flexibility index (Phi) is 4.55. The maximum Gasteiger partial charge on any atom is 0.260 e. The van der Waals surface area contributed by atoms with Crippen LogP contribution in [0, 0.1) is 0 Å². The van der Waals surface area contributed by atoms with E-state index in [1.54, 1.807) is 4.90 Å². The molecule has 6 nitrogen and oxygen atoms in total. The molecule has 2 aromatic rings. The van der Waals surface area contributed by atoms with Crippen LogP contribution in [0.1, 0.15) is 0 Å². The summed E-state index contributed by atoms with van der Waals surface area (Å²) in [7, 11) is 0. The summed E-state index contributed by atoms with van der Waals surface area (Å²) in [6.07, 6.45) is 0. The predicted octanol–water partition coefficient (Wildman–Crippen LogP) is 1.63. The Balaban J connectivity index is 1.69. The minimum absolute atomic E-state index is 0.0105. The normalized spacial score (nSPS) is 14.8. The molecule has 7 heteroatoms. The van der Waals surface area contributed by atoms with Gasteiger partial charge in [-0.15, -0.1) is 11.3 Å². The fourth-order valence-electron chi connectivity index (χ4n) is 2.26. The molecule has 0 saturated carbocycles. The van der Waals surface area contributed by atoms with Crippen molar-refractivity contribution in [1.82, 2.24) is 9.88 Å². The number of benzene rings is 1. The number of hydrogen-bond donors (Lipinski definition) is 1. The third-order valence-corrected chi connectivity index (χ3v) is 4.07. The van der Waals surface area contributed by atoms with E-state index < -0.39 is 0 Å². The molecule has 1 aromatic heterocycles. The standard InChI is InChI=1S/C15H17N3O3S/c16-15-17-12(10-22-15)11-3-1-2-4-13(11)21-9-14(19)18-5-7-20-8-6-18/h1-4,10H,5-9H2,(H2,16,17). The average Bonchev–Trinajstić information content (AvgIpc) is 3.00. The lowest BCUT2D eigenvalue weighted by Crippen LogP contribution is -2.43. The van der Waals surface area contributed by atoms with Crippen LogP contribution in [-0.2, 0) is 9.53 Å². The first kappa shape index (κ1) is 14.8. The zero-order valence-corrected chi connectivity index (χ0v) is 12.8. The molecule has 22 heavy (non-hydrogen) atoms. The fourth-order valence-corrected chi connectivity index (χ4v) is 2.82. The number of nitrogens with zero attached hydrogens (tertiary/aromatic N) is 2. The highest BCUT2D eigenvalue weighted by Crippen LogP contribution is 2.31. The van der Waals surface area contributed by atoms with Gasteiger partial charge in [-0.3, -0.25) is 4.79 Å². The molecule has 116 valence electrons. The predicted molar refractivity (Wildman–Crippen MR) is 84.9 cm³/mol. The lowest BCUT2D eigenvalue weighted by molar-refractivity contribution is -0.137. The molecule has 0 bridgehead atoms. The van der Waals surface area contributed by atoms with Gasteiger partial charge in [0, 0.05) is 24.0 Å². The van der Waals surface area contributed by atoms with Crippen molar-refractivity contribution in [1.29, 1.82) is 0 Å². The van der Waals surface area contributed by atoms with E-state index in [-0.39, 0.29) is 12.5 Å². The summed E-state index contributed by atoms with van der Waals surface area (Å²) in [6, 6.07) is 7.51. The van der Waals surface area contributed by atoms with Crippen LogP contribution in [-0.4, -0.2) is 48.7 Å². The topological polar surface area (TPSA) is 77.7 Å². The Bertz CT molecular complexity index is 653. The number of para-hydroxylation sites is 1. The monoisotopic (exact) mass is 319 g/mol. The number of carbonyl (C=O) groups excluding carboxylic acids is 1. The lowest BCUT2D eigenvalue weighted by Gasteiger charge is -2.26. The van der Waals surface area contributed by atoms with Gasteiger partial charge in [-0.05, 0) is 12.1 Å². The van der Waals surface area contributed by atoms with Crippen LogP contribution in [0.15, 0.2) is 29.6 Å². The third-order valence-electron chi connectivity index (χ3n) is 3.40. The molecule has 2 N–H and O–H groups in total. The molecule has 0 spiro atoms. The van der Waals surface area contributed by atoms with Gasteiger partial charge >= 0.3 is 0 Å². The van der Waals surface area contributed by atoms with E-state index >= 15 is 0 Å². The maximum atomic E-state index is 12.1. The van der Waals surface area contributed by atoms with E-state index in [0.717, 1.165) is 11.3 Å². The summed E-state index contributed by atoms with van der Waals surface area (Å²) in [5.74, 6) is 0.602. The van der Waals surface area contributed by atoms with Gasteiger partial charge in [-0.1, -0.05) is 12.1 Å². The molecular formula is C15H17N3O3S. The summed E-state index contributed by atoms with van der Waals surface area (Å²) in [6.45, 7) is 2.41. The van der Waals surface area contributed by atoms with Crippen LogP contribution in [0.2, 0.25) is 0 Å². The van der Waals surface area contributed by atoms with Crippen molar-refractivity contribution in [2.45, 2.75) is 0 Å². The van der Waals surface area contributed by atoms with Gasteiger partial charge in [-0.2, -0.15) is 0 Å². The van der Waals surface area contributed by atoms with Crippen molar-refractivity contribution in [3.05, 3.63) is 29.6 Å². The van der Waals surface area contributed by atoms with Crippen LogP contribution in [0.4, 0.5) is 5.13 Å². The molecule has 1 aliphatic heterocycles. The van der Waals surface area contributed by atoms with Gasteiger partial charge in [0.15, 0.2) is 11.7 Å². The largest absolute Gasteiger partial charge is 0.483 e. The first-order valence-corrected chi connectivity index (χ1v) is 7.91. The van der Waals surface area contributed by atoms with Crippen LogP contribution in [0.25, 0.3) is 11.3 Å². The van der Waals surface area contributed by atoms with Crippen molar-refractivity contribution < 1.29 is 14.3 Å². The number of thiazole rings is 1. The van der Waals surface area contributed by atoms with Crippen LogP contribution < -0.4 is 10.5 Å². The summed E-state index contributed by atoms with van der Waals surface area (Å²) in [5, 5.41) is 2.38. The Hall–Kier alpha value is -2.12. The van der Waals surface area contributed by atoms with Crippen LogP contribution >= 0.6 is 11.3 Å². The van der Waals surface area contributed by atoms with Crippen molar-refractivity contribution in [2.75, 3.05) is 38.6 Å². The van der Waals surface area contributed by atoms with Gasteiger partial charge in [-0.25, -0.2) is 4.98 Å². The first-order valence-electron chi connectivity index (χ1n) is 7.03. The molecule has 0 radical (unpaired) electrons. The molecule has 0 aliphatic carbocycles. The van der Waals surface area contributed by atoms with Gasteiger partial charge in [0.1, 0.15) is 5.75 Å². The highest BCUT2D eigenvalue weighted by atomic mass is 32.1. The molecule has 3 rings (SSSR count). The van der Waals surface area contributed by atoms with Crippen molar-refractivity contribution in [3.8, 4) is 17.0 Å². The summed E-state index contributed by atoms with van der Waals surface area (Å²) < 4.78 is 10.9. The quantitative estimate of drug-likeness (QED) is 0.927. The first-order chi connectivity index (χ1) is 10.7. The molecule has 0 atom stereocenters. The number of hydrogen-bond acceptors (Lipinski definition) is 6. The Labute approximate surface area is 132 Å². The van der Waals surface area contributed by atoms with E-state index in [9.17, 15) is 4.79 Å². The Morgan fingerprint density at radius 1 is 1.36 bits per heavy atom. The van der Waals surface area contributed by atoms with Gasteiger partial charge in [0.25, 0.3) is 5.91 Å². The number of aromatic nitrogens is 1. The van der Waals surface area contributed by atoms with E-state index in [1.807, 2.05) is 29.6 Å². The number of amides is 1. The molecule has 1 amide bonds. The zero-order valence-electron chi connectivity index (χ0n) is 12.0. The molecule has 1 fully saturated rings. The molecule has 0 unspecified atom stereocenters. The number of ether oxygens (including phenoxy) is 2. The van der Waals surface area contributed by atoms with E-state index in [1.165, 1.54) is 11.3 Å². The lowest BCUT2D eigenvalue weighted by atomic mass is 10.1. The number of nitrogen functional groups attached to an aromatic ring is 1. The number of anilines is 1. The summed E-state index contributed by atoms with van der Waals surface area (Å²) >= 11 is 1.38. The molecule has 1 aromatic carbocycles. The highest BCUT2D eigenvalue weighted by Gasteiger charge is 2.18. The highest BCUT2D eigenvalue weighted by molar-refractivity contribution is 7.13. The van der Waals surface area contributed by atoms with Crippen molar-refractivity contribution >= 4 is 22.4 Å². The van der Waals surface area contributed by atoms with Crippen molar-refractivity contribution in [2.24, 2.45) is 0 Å². The van der Waals surface area contributed by atoms with E-state index in [4.69, 9.17) is 15.2 Å². The third kappa shape index (κ3) is 3.37. The number of morpholine rings is 1. The molecular weight excluding hydrogens is 302 g/mol. The van der Waals surface area contributed by atoms with Crippen molar-refractivity contribution in [3.63, 3.8) is 0 Å². The second-order valence-corrected chi connectivity index (χ2v) is 5.74. The summed E-state index contributed by atoms with van der Waals surface area (Å²) in [4.78, 5) is 18.2. The second kappa shape index (κ2) is 6.76. The van der Waals surface area contributed by atoms with Gasteiger partial charge in [0.05, 0.1) is 18.9 Å². The molecule has 1 saturated heterocycles. The van der Waals surface area contributed by atoms with Crippen LogP contribution in [0.5, 0.6) is 5.75 Å². The Morgan fingerprint density at radius 3 is 2.86 bits per heavy atom. The summed E-state index contributed by atoms with van der Waals surface area (Å²) in [5.41, 5.74) is 7.28. The van der Waals surface area contributed by atoms with E-state index in [2.05, 4.69) is 4.98 Å². The second-order valence-electron chi connectivity index (χ2n) is 4.85. The number of carbonyl (C=O) groups is 1. The number of nitrogens with two attached hydrogens (primary N) is 1. The zero-order chi connectivity index (χ0) is 15.4. The molecule has 2 heterocycles. The SMILES string of the molecule is Nc1nc(-c2ccccc2OCC(=O)N2CCOCC2)cs1. The van der Waals surface area contributed by atoms with Gasteiger partial charge in [0.2, 0.25) is 0 Å². The van der Waals surface area contributed by atoms with Crippen LogP contribution in [0.3, 0.4) is 0 Å². The van der Waals surface area contributed by atoms with E-state index in [0.29, 0.717) is 37.2 Å². The smallest absolute Gasteiger partial charge is 0.260 e. The average molecular weight is 319 g/mol. The maximum absolute atomic E-state index is 12.1. The minimum Gasteiger partial charge on any atom is -0.483 e. The molecule has 1 aliphatic rings. The Morgan fingerprint density at radius 2 is 2.14 bits per heavy atom. The fraction of sp³-hybridized carbons (Fsp3) is 0.333.